The van der Waals surface area contributed by atoms with Gasteiger partial charge in [-0.15, -0.1) is 0 Å². The highest BCUT2D eigenvalue weighted by Gasteiger charge is 2.16. The summed E-state index contributed by atoms with van der Waals surface area (Å²) in [4.78, 5) is 14.5. The summed E-state index contributed by atoms with van der Waals surface area (Å²) in [6.45, 7) is 1.65. The van der Waals surface area contributed by atoms with Crippen LogP contribution in [0.15, 0.2) is 59.5 Å². The lowest BCUT2D eigenvalue weighted by Crippen LogP contribution is -2.36. The van der Waals surface area contributed by atoms with Crippen molar-refractivity contribution < 1.29 is 18.3 Å². The molecule has 0 radical (unpaired) electrons. The molecule has 7 heteroatoms. The first-order valence-electron chi connectivity index (χ1n) is 8.62. The molecule has 142 valence electrons. The van der Waals surface area contributed by atoms with Crippen LogP contribution >= 0.6 is 0 Å². The van der Waals surface area contributed by atoms with Gasteiger partial charge in [0, 0.05) is 25.0 Å². The van der Waals surface area contributed by atoms with Crippen LogP contribution in [-0.2, 0) is 14.6 Å². The quantitative estimate of drug-likeness (QED) is 0.825. The second-order valence-corrected chi connectivity index (χ2v) is 8.63. The van der Waals surface area contributed by atoms with Gasteiger partial charge in [0.05, 0.1) is 11.4 Å². The Hall–Kier alpha value is -2.64. The van der Waals surface area contributed by atoms with Gasteiger partial charge in [0.15, 0.2) is 9.84 Å². The van der Waals surface area contributed by atoms with E-state index in [1.54, 1.807) is 24.3 Å². The van der Waals surface area contributed by atoms with Crippen LogP contribution in [0, 0.1) is 0 Å². The summed E-state index contributed by atoms with van der Waals surface area (Å²) in [5, 5.41) is 12.1. The minimum atomic E-state index is -3.31. The van der Waals surface area contributed by atoms with E-state index in [-0.39, 0.29) is 23.1 Å². The van der Waals surface area contributed by atoms with E-state index >= 15 is 0 Å². The lowest BCUT2D eigenvalue weighted by atomic mass is 9.99. The summed E-state index contributed by atoms with van der Waals surface area (Å²) >= 11 is 0. The van der Waals surface area contributed by atoms with Gasteiger partial charge in [0.1, 0.15) is 5.75 Å². The number of carbonyl (C=O) groups excluding carboxylic acids is 1. The van der Waals surface area contributed by atoms with Crippen molar-refractivity contribution in [1.29, 1.82) is 0 Å². The second kappa shape index (κ2) is 7.94. The Labute approximate surface area is 159 Å². The van der Waals surface area contributed by atoms with Gasteiger partial charge in [-0.2, -0.15) is 0 Å². The minimum absolute atomic E-state index is 0.179. The van der Waals surface area contributed by atoms with E-state index in [4.69, 9.17) is 0 Å². The monoisotopic (exact) mass is 386 g/mol. The number of hydrogen-bond acceptors (Lipinski definition) is 5. The van der Waals surface area contributed by atoms with Crippen LogP contribution < -0.4 is 5.32 Å². The van der Waals surface area contributed by atoms with Crippen molar-refractivity contribution in [1.82, 2.24) is 4.90 Å². The van der Waals surface area contributed by atoms with E-state index in [0.717, 1.165) is 24.8 Å². The summed E-state index contributed by atoms with van der Waals surface area (Å²) in [6, 6.07) is 13.4. The van der Waals surface area contributed by atoms with Crippen molar-refractivity contribution in [2.75, 3.05) is 31.2 Å². The molecule has 1 heterocycles. The smallest absolute Gasteiger partial charge is 0.238 e. The number of anilines is 1. The molecule has 0 saturated heterocycles. The molecule has 0 saturated carbocycles. The highest BCUT2D eigenvalue weighted by Crippen LogP contribution is 2.24. The van der Waals surface area contributed by atoms with E-state index < -0.39 is 9.84 Å². The molecule has 3 rings (SSSR count). The van der Waals surface area contributed by atoms with E-state index in [1.807, 2.05) is 17.0 Å². The molecule has 2 aromatic rings. The molecule has 2 N–H and O–H groups in total. The van der Waals surface area contributed by atoms with Crippen LogP contribution in [0.25, 0.3) is 5.57 Å². The first-order valence-corrected chi connectivity index (χ1v) is 10.5. The van der Waals surface area contributed by atoms with Crippen LogP contribution in [-0.4, -0.2) is 50.2 Å². The maximum Gasteiger partial charge on any atom is 0.238 e. The van der Waals surface area contributed by atoms with E-state index in [2.05, 4.69) is 11.4 Å². The lowest BCUT2D eigenvalue weighted by Gasteiger charge is -2.26. The fourth-order valence-electron chi connectivity index (χ4n) is 3.00. The molecule has 1 aliphatic heterocycles. The average molecular weight is 386 g/mol. The van der Waals surface area contributed by atoms with Gasteiger partial charge in [-0.1, -0.05) is 24.3 Å². The van der Waals surface area contributed by atoms with Crippen molar-refractivity contribution in [3.63, 3.8) is 0 Å². The first-order chi connectivity index (χ1) is 12.8. The van der Waals surface area contributed by atoms with Crippen LogP contribution in [0.4, 0.5) is 5.69 Å². The standard InChI is InChI=1S/C20H22N2O4S/c1-27(25,26)19-4-2-3-17(13-19)21-20(24)14-22-11-9-16(10-12-22)15-5-7-18(23)8-6-15/h2-9,13,23H,10-12,14H2,1H3,(H,21,24). The van der Waals surface area contributed by atoms with Crippen LogP contribution in [0.3, 0.4) is 0 Å². The van der Waals surface area contributed by atoms with Crippen molar-refractivity contribution in [2.45, 2.75) is 11.3 Å². The fraction of sp³-hybridized carbons (Fsp3) is 0.250. The summed E-state index contributed by atoms with van der Waals surface area (Å²) in [5.41, 5.74) is 2.75. The third-order valence-electron chi connectivity index (χ3n) is 4.44. The third-order valence-corrected chi connectivity index (χ3v) is 5.55. The predicted octanol–water partition coefficient (Wildman–Crippen LogP) is 2.52. The van der Waals surface area contributed by atoms with Gasteiger partial charge in [-0.25, -0.2) is 8.42 Å². The van der Waals surface area contributed by atoms with Crippen LogP contribution in [0.1, 0.15) is 12.0 Å². The Morgan fingerprint density at radius 3 is 2.56 bits per heavy atom. The van der Waals surface area contributed by atoms with E-state index in [1.165, 1.54) is 17.7 Å². The van der Waals surface area contributed by atoms with E-state index in [0.29, 0.717) is 12.2 Å². The molecule has 0 bridgehead atoms. The number of carbonyl (C=O) groups is 1. The van der Waals surface area contributed by atoms with Gasteiger partial charge in [-0.05, 0) is 47.9 Å². The molecular weight excluding hydrogens is 364 g/mol. The molecule has 0 fully saturated rings. The zero-order valence-corrected chi connectivity index (χ0v) is 15.9. The first kappa shape index (κ1) is 19.1. The Morgan fingerprint density at radius 1 is 1.19 bits per heavy atom. The SMILES string of the molecule is CS(=O)(=O)c1cccc(NC(=O)CN2CC=C(c3ccc(O)cc3)CC2)c1. The molecule has 0 aromatic heterocycles. The van der Waals surface area contributed by atoms with Crippen molar-refractivity contribution in [3.05, 3.63) is 60.2 Å². The predicted molar refractivity (Wildman–Crippen MR) is 105 cm³/mol. The van der Waals surface area contributed by atoms with Crippen LogP contribution in [0.5, 0.6) is 5.75 Å². The number of phenols is 1. The maximum absolute atomic E-state index is 12.3. The zero-order chi connectivity index (χ0) is 19.4. The van der Waals surface area contributed by atoms with Crippen molar-refractivity contribution >= 4 is 27.0 Å². The molecule has 1 amide bonds. The Kier molecular flexibility index (Phi) is 5.62. The number of phenolic OH excluding ortho intramolecular Hbond substituents is 1. The minimum Gasteiger partial charge on any atom is -0.508 e. The molecule has 0 aliphatic carbocycles. The molecule has 2 aromatic carbocycles. The topological polar surface area (TPSA) is 86.7 Å². The number of aromatic hydroxyl groups is 1. The van der Waals surface area contributed by atoms with Crippen molar-refractivity contribution in [2.24, 2.45) is 0 Å². The van der Waals surface area contributed by atoms with Crippen LogP contribution in [0.2, 0.25) is 0 Å². The molecule has 6 nitrogen and oxygen atoms in total. The van der Waals surface area contributed by atoms with Crippen molar-refractivity contribution in [3.8, 4) is 5.75 Å². The fourth-order valence-corrected chi connectivity index (χ4v) is 3.67. The number of benzene rings is 2. The number of hydrogen-bond donors (Lipinski definition) is 2. The second-order valence-electron chi connectivity index (χ2n) is 6.61. The van der Waals surface area contributed by atoms with E-state index in [9.17, 15) is 18.3 Å². The van der Waals surface area contributed by atoms with Gasteiger partial charge >= 0.3 is 0 Å². The summed E-state index contributed by atoms with van der Waals surface area (Å²) in [7, 11) is -3.31. The number of nitrogens with zero attached hydrogens (tertiary/aromatic N) is 1. The van der Waals surface area contributed by atoms with Gasteiger partial charge < -0.3 is 10.4 Å². The number of amides is 1. The number of nitrogens with one attached hydrogen (secondary N) is 1. The maximum atomic E-state index is 12.3. The largest absolute Gasteiger partial charge is 0.508 e. The number of rotatable bonds is 5. The number of sulfone groups is 1. The zero-order valence-electron chi connectivity index (χ0n) is 15.1. The summed E-state index contributed by atoms with van der Waals surface area (Å²) < 4.78 is 23.2. The molecule has 0 unspecified atom stereocenters. The van der Waals surface area contributed by atoms with Gasteiger partial charge in [0.25, 0.3) is 0 Å². The highest BCUT2D eigenvalue weighted by molar-refractivity contribution is 7.90. The molecule has 0 atom stereocenters. The third kappa shape index (κ3) is 5.18. The molecule has 1 aliphatic rings. The molecule has 0 spiro atoms. The van der Waals surface area contributed by atoms with Gasteiger partial charge in [-0.3, -0.25) is 9.69 Å². The Bertz CT molecular complexity index is 966. The van der Waals surface area contributed by atoms with Gasteiger partial charge in [0.2, 0.25) is 5.91 Å². The Morgan fingerprint density at radius 2 is 1.93 bits per heavy atom. The Balaban J connectivity index is 1.57. The molecular formula is C20H22N2O4S. The normalized spacial score (nSPS) is 15.2. The lowest BCUT2D eigenvalue weighted by molar-refractivity contribution is -0.117. The average Bonchev–Trinajstić information content (AvgIpc) is 2.62. The highest BCUT2D eigenvalue weighted by atomic mass is 32.2. The summed E-state index contributed by atoms with van der Waals surface area (Å²) in [5.74, 6) is 0.0653. The summed E-state index contributed by atoms with van der Waals surface area (Å²) in [6.07, 6.45) is 4.05. The molecule has 27 heavy (non-hydrogen) atoms.